The van der Waals surface area contributed by atoms with Crippen LogP contribution in [0.15, 0.2) is 47.3 Å². The summed E-state index contributed by atoms with van der Waals surface area (Å²) in [6, 6.07) is 7.41. The monoisotopic (exact) mass is 476 g/mol. The third-order valence-electron chi connectivity index (χ3n) is 4.65. The highest BCUT2D eigenvalue weighted by Crippen LogP contribution is 2.29. The summed E-state index contributed by atoms with van der Waals surface area (Å²) in [6.07, 6.45) is 0.623. The van der Waals surface area contributed by atoms with E-state index in [-0.39, 0.29) is 23.5 Å². The standard InChI is InChI=1S/C22H17F3N2O3S.C2H6/c1-12-9-13(7-8-28)10-18(25)20(12)27-19(29)6-5-16(22(27)26(2)31)21(30)15-4-3-14(23)11-17(15)24;1-2/h3-6,8-11,31H,7H2,1-2H3;1-2H3. The van der Waals surface area contributed by atoms with Crippen LogP contribution in [-0.4, -0.2) is 23.7 Å². The molecule has 0 N–H and O–H groups in total. The Labute approximate surface area is 195 Å². The average Bonchev–Trinajstić information content (AvgIpc) is 2.75. The lowest BCUT2D eigenvalue weighted by atomic mass is 10.0. The average molecular weight is 477 g/mol. The quantitative estimate of drug-likeness (QED) is 0.314. The van der Waals surface area contributed by atoms with Gasteiger partial charge in [0.25, 0.3) is 5.56 Å². The molecule has 3 aromatic rings. The number of ketones is 1. The molecule has 0 aliphatic carbocycles. The van der Waals surface area contributed by atoms with E-state index >= 15 is 4.39 Å². The highest BCUT2D eigenvalue weighted by Gasteiger charge is 2.25. The van der Waals surface area contributed by atoms with Crippen molar-refractivity contribution in [2.75, 3.05) is 11.4 Å². The van der Waals surface area contributed by atoms with Crippen LogP contribution in [-0.2, 0) is 11.2 Å². The summed E-state index contributed by atoms with van der Waals surface area (Å²) in [7, 11) is 1.42. The predicted molar refractivity (Wildman–Crippen MR) is 125 cm³/mol. The number of thiol groups is 1. The van der Waals surface area contributed by atoms with Gasteiger partial charge in [0.05, 0.1) is 16.8 Å². The summed E-state index contributed by atoms with van der Waals surface area (Å²) in [5.41, 5.74) is -0.585. The lowest BCUT2D eigenvalue weighted by Gasteiger charge is -2.23. The largest absolute Gasteiger partial charge is 0.307 e. The first-order valence-electron chi connectivity index (χ1n) is 10.1. The Balaban J connectivity index is 0.00000187. The summed E-state index contributed by atoms with van der Waals surface area (Å²) in [5.74, 6) is -3.64. The Morgan fingerprint density at radius 1 is 1.03 bits per heavy atom. The topological polar surface area (TPSA) is 59.4 Å². The molecule has 1 aromatic heterocycles. The highest BCUT2D eigenvalue weighted by atomic mass is 32.1. The van der Waals surface area contributed by atoms with Crippen molar-refractivity contribution in [1.82, 2.24) is 4.57 Å². The van der Waals surface area contributed by atoms with E-state index in [4.69, 9.17) is 0 Å². The fourth-order valence-electron chi connectivity index (χ4n) is 3.36. The number of anilines is 1. The maximum atomic E-state index is 15.0. The lowest BCUT2D eigenvalue weighted by Crippen LogP contribution is -2.27. The number of hydrogen-bond acceptors (Lipinski definition) is 5. The van der Waals surface area contributed by atoms with Gasteiger partial charge in [0.2, 0.25) is 0 Å². The van der Waals surface area contributed by atoms with Gasteiger partial charge in [0.15, 0.2) is 5.78 Å². The molecule has 0 bridgehead atoms. The number of benzene rings is 2. The smallest absolute Gasteiger partial charge is 0.256 e. The first-order chi connectivity index (χ1) is 15.6. The molecule has 0 fully saturated rings. The predicted octanol–water partition coefficient (Wildman–Crippen LogP) is 4.84. The van der Waals surface area contributed by atoms with Gasteiger partial charge in [-0.05, 0) is 42.3 Å². The minimum Gasteiger partial charge on any atom is -0.307 e. The number of aromatic nitrogens is 1. The van der Waals surface area contributed by atoms with Gasteiger partial charge in [0, 0.05) is 25.6 Å². The molecule has 0 aliphatic rings. The summed E-state index contributed by atoms with van der Waals surface area (Å²) in [6.45, 7) is 5.55. The van der Waals surface area contributed by atoms with E-state index in [1.807, 2.05) is 13.8 Å². The Morgan fingerprint density at radius 2 is 1.67 bits per heavy atom. The van der Waals surface area contributed by atoms with E-state index in [2.05, 4.69) is 12.8 Å². The number of rotatable bonds is 6. The van der Waals surface area contributed by atoms with Crippen LogP contribution in [0.1, 0.15) is 40.9 Å². The van der Waals surface area contributed by atoms with E-state index in [0.717, 1.165) is 33.1 Å². The molecule has 3 rings (SSSR count). The summed E-state index contributed by atoms with van der Waals surface area (Å²) in [4.78, 5) is 36.5. The maximum absolute atomic E-state index is 15.0. The number of carbonyl (C=O) groups excluding carboxylic acids is 2. The molecule has 2 aromatic carbocycles. The van der Waals surface area contributed by atoms with Gasteiger partial charge in [-0.1, -0.05) is 32.7 Å². The van der Waals surface area contributed by atoms with Crippen LogP contribution < -0.4 is 9.86 Å². The van der Waals surface area contributed by atoms with Crippen LogP contribution in [0, 0.1) is 24.4 Å². The van der Waals surface area contributed by atoms with Gasteiger partial charge < -0.3 is 9.10 Å². The molecule has 0 spiro atoms. The van der Waals surface area contributed by atoms with Crippen molar-refractivity contribution in [3.63, 3.8) is 0 Å². The Kier molecular flexibility index (Phi) is 8.64. The first-order valence-corrected chi connectivity index (χ1v) is 10.5. The van der Waals surface area contributed by atoms with Crippen LogP contribution in [0.2, 0.25) is 0 Å². The molecule has 0 atom stereocenters. The minimum absolute atomic E-state index is 0.00532. The number of aryl methyl sites for hydroxylation is 1. The second-order valence-corrected chi connectivity index (χ2v) is 7.44. The SMILES string of the molecule is CC.Cc1cc(CC=O)cc(F)c1-n1c(N(C)S)c(C(=O)c2ccc(F)cc2F)ccc1=O. The van der Waals surface area contributed by atoms with Gasteiger partial charge in [0.1, 0.15) is 29.6 Å². The number of carbonyl (C=O) groups is 2. The van der Waals surface area contributed by atoms with Gasteiger partial charge in [-0.2, -0.15) is 0 Å². The van der Waals surface area contributed by atoms with Crippen molar-refractivity contribution >= 4 is 30.7 Å². The van der Waals surface area contributed by atoms with Crippen molar-refractivity contribution in [2.24, 2.45) is 0 Å². The van der Waals surface area contributed by atoms with Gasteiger partial charge in [-0.15, -0.1) is 0 Å². The third-order valence-corrected chi connectivity index (χ3v) is 4.84. The molecule has 174 valence electrons. The number of pyridine rings is 1. The number of aldehydes is 1. The van der Waals surface area contributed by atoms with E-state index in [9.17, 15) is 23.2 Å². The van der Waals surface area contributed by atoms with Crippen LogP contribution in [0.5, 0.6) is 0 Å². The zero-order valence-corrected chi connectivity index (χ0v) is 19.4. The lowest BCUT2D eigenvalue weighted by molar-refractivity contribution is -0.107. The molecule has 0 saturated carbocycles. The fourth-order valence-corrected chi connectivity index (χ4v) is 3.56. The molecule has 1 heterocycles. The van der Waals surface area contributed by atoms with E-state index in [1.165, 1.54) is 13.1 Å². The van der Waals surface area contributed by atoms with Crippen LogP contribution in [0.25, 0.3) is 5.69 Å². The molecule has 0 radical (unpaired) electrons. The minimum atomic E-state index is -1.07. The molecular formula is C24H23F3N2O3S. The fraction of sp³-hybridized carbons (Fsp3) is 0.208. The van der Waals surface area contributed by atoms with Crippen molar-refractivity contribution in [1.29, 1.82) is 0 Å². The third kappa shape index (κ3) is 5.36. The number of nitrogens with zero attached hydrogens (tertiary/aromatic N) is 2. The maximum Gasteiger partial charge on any atom is 0.256 e. The van der Waals surface area contributed by atoms with Crippen molar-refractivity contribution in [2.45, 2.75) is 27.2 Å². The Morgan fingerprint density at radius 3 is 2.21 bits per heavy atom. The second-order valence-electron chi connectivity index (χ2n) is 6.84. The van der Waals surface area contributed by atoms with Gasteiger partial charge in [-0.3, -0.25) is 14.2 Å². The Hall–Kier alpha value is -3.33. The summed E-state index contributed by atoms with van der Waals surface area (Å²) < 4.78 is 44.6. The van der Waals surface area contributed by atoms with Crippen LogP contribution >= 0.6 is 12.8 Å². The number of halogens is 3. The van der Waals surface area contributed by atoms with E-state index in [0.29, 0.717) is 23.5 Å². The molecule has 0 aliphatic heterocycles. The number of hydrogen-bond donors (Lipinski definition) is 1. The second kappa shape index (κ2) is 11.0. The summed E-state index contributed by atoms with van der Waals surface area (Å²) >= 11 is 4.19. The molecule has 9 heteroatoms. The summed E-state index contributed by atoms with van der Waals surface area (Å²) in [5, 5.41) is 0. The van der Waals surface area contributed by atoms with Crippen molar-refractivity contribution < 1.29 is 22.8 Å². The highest BCUT2D eigenvalue weighted by molar-refractivity contribution is 7.81. The first kappa shape index (κ1) is 25.9. The molecular weight excluding hydrogens is 453 g/mol. The van der Waals surface area contributed by atoms with E-state index < -0.39 is 34.4 Å². The molecule has 0 unspecified atom stereocenters. The van der Waals surface area contributed by atoms with Gasteiger partial charge >= 0.3 is 0 Å². The van der Waals surface area contributed by atoms with Crippen LogP contribution in [0.3, 0.4) is 0 Å². The van der Waals surface area contributed by atoms with Crippen LogP contribution in [0.4, 0.5) is 19.0 Å². The molecule has 0 amide bonds. The van der Waals surface area contributed by atoms with Gasteiger partial charge in [-0.25, -0.2) is 13.2 Å². The normalized spacial score (nSPS) is 10.3. The zero-order chi connectivity index (χ0) is 24.9. The molecule has 33 heavy (non-hydrogen) atoms. The van der Waals surface area contributed by atoms with Crippen molar-refractivity contribution in [3.05, 3.63) is 92.5 Å². The van der Waals surface area contributed by atoms with E-state index in [1.54, 1.807) is 13.0 Å². The van der Waals surface area contributed by atoms with Crippen molar-refractivity contribution in [3.8, 4) is 5.69 Å². The Bertz CT molecular complexity index is 1230. The zero-order valence-electron chi connectivity index (χ0n) is 18.5. The molecule has 0 saturated heterocycles. The molecule has 5 nitrogen and oxygen atoms in total.